The van der Waals surface area contributed by atoms with Crippen LogP contribution in [0.2, 0.25) is 0 Å². The first kappa shape index (κ1) is 11.4. The monoisotopic (exact) mass is 249 g/mol. The van der Waals surface area contributed by atoms with Crippen molar-refractivity contribution in [3.63, 3.8) is 0 Å². The molecule has 2 aromatic carbocycles. The quantitative estimate of drug-likeness (QED) is 0.754. The van der Waals surface area contributed by atoms with Gasteiger partial charge in [0.05, 0.1) is 5.52 Å². The van der Waals surface area contributed by atoms with Crippen LogP contribution < -0.4 is 0 Å². The minimum atomic E-state index is -1.01. The fraction of sp³-hybridized carbons (Fsp3) is 0. The molecule has 0 fully saturated rings. The number of carboxylic acid groups (broad SMARTS) is 1. The van der Waals surface area contributed by atoms with Gasteiger partial charge in [-0.05, 0) is 11.6 Å². The third-order valence-corrected chi connectivity index (χ3v) is 3.02. The maximum absolute atomic E-state index is 11.0. The van der Waals surface area contributed by atoms with Gasteiger partial charge >= 0.3 is 5.97 Å². The predicted octanol–water partition coefficient (Wildman–Crippen LogP) is 3.60. The molecule has 0 bridgehead atoms. The largest absolute Gasteiger partial charge is 0.477 e. The Morgan fingerprint density at radius 3 is 2.42 bits per heavy atom. The number of aromatic carboxylic acids is 1. The highest BCUT2D eigenvalue weighted by molar-refractivity contribution is 5.96. The summed E-state index contributed by atoms with van der Waals surface area (Å²) in [5.74, 6) is -1.01. The van der Waals surface area contributed by atoms with Crippen LogP contribution in [0.15, 0.2) is 60.7 Å². The molecule has 1 heterocycles. The smallest absolute Gasteiger partial charge is 0.354 e. The molecule has 19 heavy (non-hydrogen) atoms. The van der Waals surface area contributed by atoms with Crippen LogP contribution in [0.4, 0.5) is 0 Å². The second-order valence-corrected chi connectivity index (χ2v) is 4.24. The first-order chi connectivity index (χ1) is 9.25. The highest BCUT2D eigenvalue weighted by atomic mass is 16.4. The Bertz CT molecular complexity index is 751. The number of nitrogens with zero attached hydrogens (tertiary/aromatic N) is 1. The van der Waals surface area contributed by atoms with E-state index in [1.165, 1.54) is 6.07 Å². The van der Waals surface area contributed by atoms with Gasteiger partial charge < -0.3 is 5.11 Å². The lowest BCUT2D eigenvalue weighted by molar-refractivity contribution is 0.0691. The number of pyridine rings is 1. The van der Waals surface area contributed by atoms with Gasteiger partial charge in [-0.1, -0.05) is 54.6 Å². The topological polar surface area (TPSA) is 50.2 Å². The second kappa shape index (κ2) is 4.53. The summed E-state index contributed by atoms with van der Waals surface area (Å²) >= 11 is 0. The normalized spacial score (nSPS) is 10.5. The van der Waals surface area contributed by atoms with Crippen LogP contribution in [0, 0.1) is 0 Å². The van der Waals surface area contributed by atoms with Crippen LogP contribution in [0.5, 0.6) is 0 Å². The van der Waals surface area contributed by atoms with Gasteiger partial charge in [-0.3, -0.25) is 0 Å². The van der Waals surface area contributed by atoms with Gasteiger partial charge in [-0.15, -0.1) is 0 Å². The van der Waals surface area contributed by atoms with Gasteiger partial charge in [0.25, 0.3) is 0 Å². The Kier molecular flexibility index (Phi) is 2.72. The molecule has 0 saturated carbocycles. The molecule has 3 nitrogen and oxygen atoms in total. The van der Waals surface area contributed by atoms with E-state index >= 15 is 0 Å². The summed E-state index contributed by atoms with van der Waals surface area (Å²) in [7, 11) is 0. The van der Waals surface area contributed by atoms with E-state index in [2.05, 4.69) is 4.98 Å². The molecule has 0 unspecified atom stereocenters. The molecule has 0 aliphatic rings. The maximum Gasteiger partial charge on any atom is 0.354 e. The van der Waals surface area contributed by atoms with Crippen LogP contribution in [0.25, 0.3) is 22.0 Å². The zero-order chi connectivity index (χ0) is 13.2. The molecule has 3 rings (SSSR count). The number of carboxylic acids is 1. The summed E-state index contributed by atoms with van der Waals surface area (Å²) in [5, 5.41) is 9.98. The first-order valence-corrected chi connectivity index (χ1v) is 5.94. The molecule has 1 aromatic heterocycles. The average molecular weight is 249 g/mol. The van der Waals surface area contributed by atoms with Gasteiger partial charge in [-0.25, -0.2) is 9.78 Å². The summed E-state index contributed by atoms with van der Waals surface area (Å²) in [6.45, 7) is 0. The molecule has 3 aromatic rings. The Balaban J connectivity index is 2.30. The third-order valence-electron chi connectivity index (χ3n) is 3.02. The minimum absolute atomic E-state index is 0.0656. The maximum atomic E-state index is 11.0. The van der Waals surface area contributed by atoms with Gasteiger partial charge in [0.15, 0.2) is 0 Å². The van der Waals surface area contributed by atoms with Crippen molar-refractivity contribution in [1.82, 2.24) is 4.98 Å². The predicted molar refractivity (Wildman–Crippen MR) is 74.1 cm³/mol. The van der Waals surface area contributed by atoms with Crippen molar-refractivity contribution in [2.75, 3.05) is 0 Å². The van der Waals surface area contributed by atoms with Crippen LogP contribution in [-0.4, -0.2) is 16.1 Å². The van der Waals surface area contributed by atoms with E-state index in [1.807, 2.05) is 48.5 Å². The lowest BCUT2D eigenvalue weighted by atomic mass is 10.0. The lowest BCUT2D eigenvalue weighted by Crippen LogP contribution is -2.00. The van der Waals surface area contributed by atoms with Gasteiger partial charge in [0.1, 0.15) is 5.69 Å². The fourth-order valence-electron chi connectivity index (χ4n) is 2.12. The number of fused-ring (bicyclic) bond motifs is 1. The van der Waals surface area contributed by atoms with Crippen molar-refractivity contribution in [1.29, 1.82) is 0 Å². The van der Waals surface area contributed by atoms with Crippen molar-refractivity contribution in [3.05, 3.63) is 66.4 Å². The van der Waals surface area contributed by atoms with Crippen LogP contribution >= 0.6 is 0 Å². The molecule has 1 N–H and O–H groups in total. The minimum Gasteiger partial charge on any atom is -0.477 e. The van der Waals surface area contributed by atoms with Crippen molar-refractivity contribution in [2.45, 2.75) is 0 Å². The van der Waals surface area contributed by atoms with Crippen LogP contribution in [0.1, 0.15) is 10.5 Å². The standard InChI is InChI=1S/C16H11NO2/c18-16(19)14-10-9-12-7-4-8-13(15(12)17-14)11-5-2-1-3-6-11/h1-10H,(H,18,19). The van der Waals surface area contributed by atoms with Crippen molar-refractivity contribution in [3.8, 4) is 11.1 Å². The van der Waals surface area contributed by atoms with Crippen LogP contribution in [0.3, 0.4) is 0 Å². The van der Waals surface area contributed by atoms with Crippen molar-refractivity contribution >= 4 is 16.9 Å². The van der Waals surface area contributed by atoms with E-state index in [9.17, 15) is 4.79 Å². The third kappa shape index (κ3) is 2.06. The number of rotatable bonds is 2. The number of para-hydroxylation sites is 1. The zero-order valence-electron chi connectivity index (χ0n) is 10.1. The van der Waals surface area contributed by atoms with Crippen molar-refractivity contribution < 1.29 is 9.90 Å². The number of carbonyl (C=O) groups is 1. The SMILES string of the molecule is O=C(O)c1ccc2cccc(-c3ccccc3)c2n1. The zero-order valence-corrected chi connectivity index (χ0v) is 10.1. The van der Waals surface area contributed by atoms with E-state index in [0.717, 1.165) is 16.5 Å². The molecule has 0 amide bonds. The summed E-state index contributed by atoms with van der Waals surface area (Å²) < 4.78 is 0. The number of hydrogen-bond acceptors (Lipinski definition) is 2. The molecular formula is C16H11NO2. The molecule has 0 aliphatic heterocycles. The first-order valence-electron chi connectivity index (χ1n) is 5.94. The van der Waals surface area contributed by atoms with Crippen LogP contribution in [-0.2, 0) is 0 Å². The number of hydrogen-bond donors (Lipinski definition) is 1. The molecule has 3 heteroatoms. The average Bonchev–Trinajstić information content (AvgIpc) is 2.47. The Morgan fingerprint density at radius 1 is 0.895 bits per heavy atom. The number of aromatic nitrogens is 1. The summed E-state index contributed by atoms with van der Waals surface area (Å²) in [5.41, 5.74) is 2.76. The van der Waals surface area contributed by atoms with Crippen molar-refractivity contribution in [2.24, 2.45) is 0 Å². The summed E-state index contributed by atoms with van der Waals surface area (Å²) in [6, 6.07) is 19.0. The van der Waals surface area contributed by atoms with Gasteiger partial charge in [0.2, 0.25) is 0 Å². The lowest BCUT2D eigenvalue weighted by Gasteiger charge is -2.06. The molecule has 92 valence electrons. The molecule has 0 saturated heterocycles. The number of benzene rings is 2. The Labute approximate surface area is 110 Å². The van der Waals surface area contributed by atoms with E-state index < -0.39 is 5.97 Å². The van der Waals surface area contributed by atoms with Gasteiger partial charge in [0, 0.05) is 10.9 Å². The highest BCUT2D eigenvalue weighted by Crippen LogP contribution is 2.27. The highest BCUT2D eigenvalue weighted by Gasteiger charge is 2.09. The molecule has 0 aliphatic carbocycles. The molecule has 0 radical (unpaired) electrons. The molecule has 0 atom stereocenters. The van der Waals surface area contributed by atoms with E-state index in [0.29, 0.717) is 5.52 Å². The van der Waals surface area contributed by atoms with E-state index in [-0.39, 0.29) is 5.69 Å². The Hall–Kier alpha value is -2.68. The second-order valence-electron chi connectivity index (χ2n) is 4.24. The Morgan fingerprint density at radius 2 is 1.68 bits per heavy atom. The summed E-state index contributed by atoms with van der Waals surface area (Å²) in [6.07, 6.45) is 0. The van der Waals surface area contributed by atoms with E-state index in [1.54, 1.807) is 6.07 Å². The van der Waals surface area contributed by atoms with E-state index in [4.69, 9.17) is 5.11 Å². The molecule has 0 spiro atoms. The fourth-order valence-corrected chi connectivity index (χ4v) is 2.12. The molecular weight excluding hydrogens is 238 g/mol. The van der Waals surface area contributed by atoms with Gasteiger partial charge in [-0.2, -0.15) is 0 Å². The summed E-state index contributed by atoms with van der Waals surface area (Å²) in [4.78, 5) is 15.3.